The summed E-state index contributed by atoms with van der Waals surface area (Å²) in [5.74, 6) is -1.22. The van der Waals surface area contributed by atoms with Crippen molar-refractivity contribution in [3.63, 3.8) is 0 Å². The summed E-state index contributed by atoms with van der Waals surface area (Å²) in [6.45, 7) is 2.18. The Kier molecular flexibility index (Phi) is 4.63. The Hall–Kier alpha value is -2.78. The van der Waals surface area contributed by atoms with Crippen molar-refractivity contribution >= 4 is 11.8 Å². The average molecular weight is 371 g/mol. The van der Waals surface area contributed by atoms with Gasteiger partial charge in [-0.1, -0.05) is 0 Å². The fourth-order valence-electron chi connectivity index (χ4n) is 3.44. The normalized spacial score (nSPS) is 22.9. The van der Waals surface area contributed by atoms with Crippen LogP contribution in [-0.4, -0.2) is 81.6 Å². The number of nitrogens with zero attached hydrogens (tertiary/aromatic N) is 5. The van der Waals surface area contributed by atoms with E-state index in [1.807, 2.05) is 0 Å². The number of aromatic nitrogens is 3. The third-order valence-electron chi connectivity index (χ3n) is 4.77. The van der Waals surface area contributed by atoms with Gasteiger partial charge in [-0.25, -0.2) is 0 Å². The van der Waals surface area contributed by atoms with E-state index in [9.17, 15) is 9.59 Å². The highest BCUT2D eigenvalue weighted by molar-refractivity contribution is 5.94. The molecule has 9 nitrogen and oxygen atoms in total. The highest BCUT2D eigenvalue weighted by atomic mass is 16.7. The summed E-state index contributed by atoms with van der Waals surface area (Å²) in [6, 6.07) is 3.37. The summed E-state index contributed by atoms with van der Waals surface area (Å²) >= 11 is 0. The van der Waals surface area contributed by atoms with Crippen molar-refractivity contribution < 1.29 is 19.1 Å². The predicted octanol–water partition coefficient (Wildman–Crippen LogP) is 0.156. The van der Waals surface area contributed by atoms with Gasteiger partial charge >= 0.3 is 0 Å². The minimum absolute atomic E-state index is 0.0978. The number of rotatable bonds is 2. The SMILES string of the molecule is Cn1cc(C(=O)N2CCOC3(CN(C(=O)c4ccncc4)CCO3)C2)cn1. The van der Waals surface area contributed by atoms with E-state index in [4.69, 9.17) is 9.47 Å². The Morgan fingerprint density at radius 3 is 2.15 bits per heavy atom. The molecule has 0 radical (unpaired) electrons. The molecule has 2 amide bonds. The summed E-state index contributed by atoms with van der Waals surface area (Å²) in [7, 11) is 1.77. The maximum Gasteiger partial charge on any atom is 0.257 e. The molecule has 0 aliphatic carbocycles. The molecule has 142 valence electrons. The van der Waals surface area contributed by atoms with Gasteiger partial charge in [0.05, 0.1) is 38.1 Å². The molecule has 27 heavy (non-hydrogen) atoms. The van der Waals surface area contributed by atoms with E-state index in [1.54, 1.807) is 58.4 Å². The van der Waals surface area contributed by atoms with Gasteiger partial charge in [0, 0.05) is 44.3 Å². The number of amides is 2. The van der Waals surface area contributed by atoms with E-state index in [-0.39, 0.29) is 24.9 Å². The molecule has 2 aliphatic rings. The number of aryl methyl sites for hydroxylation is 1. The largest absolute Gasteiger partial charge is 0.345 e. The molecular weight excluding hydrogens is 350 g/mol. The van der Waals surface area contributed by atoms with Crippen LogP contribution in [0.2, 0.25) is 0 Å². The third kappa shape index (κ3) is 3.56. The van der Waals surface area contributed by atoms with Gasteiger partial charge in [-0.2, -0.15) is 5.10 Å². The minimum Gasteiger partial charge on any atom is -0.345 e. The molecule has 9 heteroatoms. The van der Waals surface area contributed by atoms with E-state index in [0.29, 0.717) is 37.4 Å². The first-order valence-electron chi connectivity index (χ1n) is 8.81. The molecule has 1 spiro atoms. The summed E-state index contributed by atoms with van der Waals surface area (Å²) in [4.78, 5) is 32.9. The zero-order chi connectivity index (χ0) is 18.9. The highest BCUT2D eigenvalue weighted by Crippen LogP contribution is 2.26. The van der Waals surface area contributed by atoms with Gasteiger partial charge in [-0.3, -0.25) is 19.3 Å². The zero-order valence-corrected chi connectivity index (χ0v) is 15.1. The Labute approximate surface area is 156 Å². The van der Waals surface area contributed by atoms with Crippen LogP contribution < -0.4 is 0 Å². The predicted molar refractivity (Wildman–Crippen MR) is 93.9 cm³/mol. The molecule has 4 rings (SSSR count). The molecule has 1 unspecified atom stereocenters. The third-order valence-corrected chi connectivity index (χ3v) is 4.77. The van der Waals surface area contributed by atoms with Crippen LogP contribution in [0.1, 0.15) is 20.7 Å². The molecule has 2 aromatic rings. The van der Waals surface area contributed by atoms with Crippen LogP contribution in [0.3, 0.4) is 0 Å². The molecule has 2 aliphatic heterocycles. The topological polar surface area (TPSA) is 89.8 Å². The van der Waals surface area contributed by atoms with Crippen molar-refractivity contribution in [2.45, 2.75) is 5.79 Å². The average Bonchev–Trinajstić information content (AvgIpc) is 3.14. The number of hydrogen-bond acceptors (Lipinski definition) is 6. The molecule has 2 fully saturated rings. The summed E-state index contributed by atoms with van der Waals surface area (Å²) in [5.41, 5.74) is 1.09. The van der Waals surface area contributed by atoms with Crippen LogP contribution in [0.4, 0.5) is 0 Å². The van der Waals surface area contributed by atoms with Gasteiger partial charge in [-0.05, 0) is 12.1 Å². The van der Waals surface area contributed by atoms with Crippen molar-refractivity contribution in [1.82, 2.24) is 24.6 Å². The first kappa shape index (κ1) is 17.6. The molecule has 2 saturated heterocycles. The second-order valence-corrected chi connectivity index (χ2v) is 6.70. The summed E-state index contributed by atoms with van der Waals surface area (Å²) < 4.78 is 13.4. The number of hydrogen-bond donors (Lipinski definition) is 0. The summed E-state index contributed by atoms with van der Waals surface area (Å²) in [5, 5.41) is 4.05. The van der Waals surface area contributed by atoms with Gasteiger partial charge in [0.15, 0.2) is 0 Å². The smallest absolute Gasteiger partial charge is 0.257 e. The Morgan fingerprint density at radius 2 is 1.59 bits per heavy atom. The maximum absolute atomic E-state index is 12.8. The van der Waals surface area contributed by atoms with E-state index in [2.05, 4.69) is 10.1 Å². The van der Waals surface area contributed by atoms with E-state index < -0.39 is 5.79 Å². The molecule has 0 bridgehead atoms. The molecule has 0 N–H and O–H groups in total. The van der Waals surface area contributed by atoms with E-state index in [0.717, 1.165) is 0 Å². The summed E-state index contributed by atoms with van der Waals surface area (Å²) in [6.07, 6.45) is 6.42. The Morgan fingerprint density at radius 1 is 1.00 bits per heavy atom. The van der Waals surface area contributed by atoms with Gasteiger partial charge in [0.1, 0.15) is 0 Å². The zero-order valence-electron chi connectivity index (χ0n) is 15.1. The van der Waals surface area contributed by atoms with Gasteiger partial charge in [0.25, 0.3) is 11.8 Å². The lowest BCUT2D eigenvalue weighted by molar-refractivity contribution is -0.282. The van der Waals surface area contributed by atoms with Crippen molar-refractivity contribution in [2.75, 3.05) is 39.4 Å². The molecule has 0 aromatic carbocycles. The molecule has 2 aromatic heterocycles. The quantitative estimate of drug-likeness (QED) is 0.747. The van der Waals surface area contributed by atoms with Crippen LogP contribution in [0.15, 0.2) is 36.9 Å². The van der Waals surface area contributed by atoms with E-state index in [1.165, 1.54) is 0 Å². The van der Waals surface area contributed by atoms with Gasteiger partial charge < -0.3 is 19.3 Å². The molecular formula is C18H21N5O4. The second-order valence-electron chi connectivity index (χ2n) is 6.70. The highest BCUT2D eigenvalue weighted by Gasteiger charge is 2.44. The molecule has 4 heterocycles. The lowest BCUT2D eigenvalue weighted by Gasteiger charge is -2.47. The van der Waals surface area contributed by atoms with Crippen LogP contribution in [0, 0.1) is 0 Å². The minimum atomic E-state index is -1.00. The number of ether oxygens (including phenoxy) is 2. The van der Waals surface area contributed by atoms with Crippen molar-refractivity contribution in [2.24, 2.45) is 7.05 Å². The molecule has 0 saturated carbocycles. The van der Waals surface area contributed by atoms with Crippen molar-refractivity contribution in [1.29, 1.82) is 0 Å². The number of carbonyl (C=O) groups is 2. The first-order valence-corrected chi connectivity index (χ1v) is 8.81. The Bertz CT molecular complexity index is 835. The second kappa shape index (κ2) is 7.09. The van der Waals surface area contributed by atoms with Crippen LogP contribution in [-0.2, 0) is 16.5 Å². The fourth-order valence-corrected chi connectivity index (χ4v) is 3.44. The van der Waals surface area contributed by atoms with Gasteiger partial charge in [0.2, 0.25) is 5.79 Å². The van der Waals surface area contributed by atoms with Crippen molar-refractivity contribution in [3.8, 4) is 0 Å². The number of pyridine rings is 1. The van der Waals surface area contributed by atoms with E-state index >= 15 is 0 Å². The molecule has 1 atom stereocenters. The Balaban J connectivity index is 1.48. The first-order chi connectivity index (χ1) is 13.1. The lowest BCUT2D eigenvalue weighted by Crippen LogP contribution is -2.63. The number of carbonyl (C=O) groups excluding carboxylic acids is 2. The van der Waals surface area contributed by atoms with Gasteiger partial charge in [-0.15, -0.1) is 0 Å². The lowest BCUT2D eigenvalue weighted by atomic mass is 10.1. The fraction of sp³-hybridized carbons (Fsp3) is 0.444. The van der Waals surface area contributed by atoms with Crippen LogP contribution in [0.25, 0.3) is 0 Å². The van der Waals surface area contributed by atoms with Crippen LogP contribution in [0.5, 0.6) is 0 Å². The standard InChI is InChI=1S/C18H21N5O4/c1-21-11-15(10-20-21)17(25)23-7-9-27-18(13-23)12-22(6-8-26-18)16(24)14-2-4-19-5-3-14/h2-5,10-11H,6-9,12-13H2,1H3. The van der Waals surface area contributed by atoms with Crippen LogP contribution >= 0.6 is 0 Å². The maximum atomic E-state index is 12.8. The number of morpholine rings is 2. The monoisotopic (exact) mass is 371 g/mol. The van der Waals surface area contributed by atoms with Crippen molar-refractivity contribution in [3.05, 3.63) is 48.0 Å².